The number of piperazine rings is 1. The Morgan fingerprint density at radius 3 is 2.68 bits per heavy atom. The van der Waals surface area contributed by atoms with E-state index >= 15 is 0 Å². The number of nitriles is 1. The Hall–Kier alpha value is -3.31. The first-order chi connectivity index (χ1) is 13.7. The molecule has 4 rings (SSSR count). The number of thiophene rings is 1. The zero-order valence-corrected chi connectivity index (χ0v) is 16.1. The van der Waals surface area contributed by atoms with Crippen molar-refractivity contribution in [2.24, 2.45) is 0 Å². The molecule has 0 atom stereocenters. The number of hydrogen-bond donors (Lipinski definition) is 0. The normalized spacial score (nSPS) is 14.0. The number of ether oxygens (including phenoxy) is 1. The van der Waals surface area contributed by atoms with Gasteiger partial charge in [-0.3, -0.25) is 4.79 Å². The molecule has 0 saturated carbocycles. The fourth-order valence-electron chi connectivity index (χ4n) is 3.20. The summed E-state index contributed by atoms with van der Waals surface area (Å²) in [6.07, 6.45) is 0. The molecule has 28 heavy (non-hydrogen) atoms. The van der Waals surface area contributed by atoms with Crippen molar-refractivity contribution < 1.29 is 13.9 Å². The Balaban J connectivity index is 1.53. The van der Waals surface area contributed by atoms with E-state index in [2.05, 4.69) is 11.1 Å². The van der Waals surface area contributed by atoms with Gasteiger partial charge in [-0.25, -0.2) is 0 Å². The number of hydrogen-bond acceptors (Lipinski definition) is 7. The van der Waals surface area contributed by atoms with Crippen LogP contribution >= 0.6 is 11.3 Å². The largest absolute Gasteiger partial charge is 0.496 e. The molecule has 142 valence electrons. The number of rotatable bonds is 4. The number of methoxy groups -OCH3 is 1. The molecule has 1 aromatic carbocycles. The van der Waals surface area contributed by atoms with E-state index < -0.39 is 0 Å². The molecule has 1 aliphatic rings. The summed E-state index contributed by atoms with van der Waals surface area (Å²) >= 11 is 1.44. The van der Waals surface area contributed by atoms with E-state index in [-0.39, 0.29) is 11.6 Å². The summed E-state index contributed by atoms with van der Waals surface area (Å²) in [5.74, 6) is 1.46. The lowest BCUT2D eigenvalue weighted by molar-refractivity contribution is 0.0750. The summed E-state index contributed by atoms with van der Waals surface area (Å²) in [5.41, 5.74) is 0.929. The monoisotopic (exact) mass is 394 g/mol. The quantitative estimate of drug-likeness (QED) is 0.676. The highest BCUT2D eigenvalue weighted by atomic mass is 32.1. The smallest absolute Gasteiger partial charge is 0.264 e. The molecule has 1 aliphatic heterocycles. The lowest BCUT2D eigenvalue weighted by Gasteiger charge is -2.34. The molecular formula is C20H18N4O3S. The minimum atomic E-state index is 0.0439. The second-order valence-corrected chi connectivity index (χ2v) is 7.19. The third-order valence-corrected chi connectivity index (χ3v) is 5.50. The standard InChI is InChI=1S/C20H18N4O3S/c1-26-16-6-3-2-5-14(16)18-22-15(13-21)20(27-18)24-10-8-23(9-11-24)19(25)17-7-4-12-28-17/h2-7,12H,8-11H2,1H3. The van der Waals surface area contributed by atoms with Crippen molar-refractivity contribution in [2.75, 3.05) is 38.2 Å². The third kappa shape index (κ3) is 3.32. The van der Waals surface area contributed by atoms with Gasteiger partial charge >= 0.3 is 0 Å². The molecule has 1 amide bonds. The SMILES string of the molecule is COc1ccccc1-c1nc(C#N)c(N2CCN(C(=O)c3cccs3)CC2)o1. The zero-order valence-electron chi connectivity index (χ0n) is 15.3. The number of anilines is 1. The molecule has 1 saturated heterocycles. The Labute approximate surface area is 166 Å². The first-order valence-corrected chi connectivity index (χ1v) is 9.71. The summed E-state index contributed by atoms with van der Waals surface area (Å²) in [4.78, 5) is 21.4. The van der Waals surface area contributed by atoms with Crippen LogP contribution in [0.15, 0.2) is 46.2 Å². The predicted octanol–water partition coefficient (Wildman–Crippen LogP) is 3.25. The van der Waals surface area contributed by atoms with Crippen LogP contribution in [0.25, 0.3) is 11.5 Å². The maximum absolute atomic E-state index is 12.5. The van der Waals surface area contributed by atoms with E-state index in [9.17, 15) is 10.1 Å². The highest BCUT2D eigenvalue weighted by Crippen LogP contribution is 2.33. The average Bonchev–Trinajstić information content (AvgIpc) is 3.43. The minimum Gasteiger partial charge on any atom is -0.496 e. The first kappa shape index (κ1) is 18.1. The van der Waals surface area contributed by atoms with E-state index in [1.54, 1.807) is 7.11 Å². The number of nitrogens with zero attached hydrogens (tertiary/aromatic N) is 4. The van der Waals surface area contributed by atoms with Gasteiger partial charge in [-0.15, -0.1) is 11.3 Å². The molecule has 0 radical (unpaired) electrons. The Bertz CT molecular complexity index is 1010. The average molecular weight is 394 g/mol. The van der Waals surface area contributed by atoms with Gasteiger partial charge in [0, 0.05) is 26.2 Å². The summed E-state index contributed by atoms with van der Waals surface area (Å²) in [7, 11) is 1.58. The second-order valence-electron chi connectivity index (χ2n) is 6.24. The van der Waals surface area contributed by atoms with E-state index in [0.717, 1.165) is 4.88 Å². The molecule has 0 spiro atoms. The van der Waals surface area contributed by atoms with Crippen LogP contribution in [0.5, 0.6) is 5.75 Å². The first-order valence-electron chi connectivity index (χ1n) is 8.83. The van der Waals surface area contributed by atoms with Gasteiger partial charge in [0.1, 0.15) is 11.8 Å². The number of carbonyl (C=O) groups is 1. The number of carbonyl (C=O) groups excluding carboxylic acids is 1. The molecule has 0 unspecified atom stereocenters. The number of benzene rings is 1. The maximum atomic E-state index is 12.5. The molecule has 7 nitrogen and oxygen atoms in total. The van der Waals surface area contributed by atoms with Crippen LogP contribution in [0, 0.1) is 11.3 Å². The van der Waals surface area contributed by atoms with Crippen molar-refractivity contribution in [1.82, 2.24) is 9.88 Å². The Kier molecular flexibility index (Phi) is 5.00. The highest BCUT2D eigenvalue weighted by Gasteiger charge is 2.27. The van der Waals surface area contributed by atoms with Crippen molar-refractivity contribution in [3.8, 4) is 23.3 Å². The van der Waals surface area contributed by atoms with Crippen molar-refractivity contribution in [2.45, 2.75) is 0 Å². The van der Waals surface area contributed by atoms with Gasteiger partial charge in [-0.1, -0.05) is 18.2 Å². The fraction of sp³-hybridized carbons (Fsp3) is 0.250. The van der Waals surface area contributed by atoms with Crippen molar-refractivity contribution in [3.63, 3.8) is 0 Å². The fourth-order valence-corrected chi connectivity index (χ4v) is 3.90. The number of aromatic nitrogens is 1. The van der Waals surface area contributed by atoms with Crippen molar-refractivity contribution in [1.29, 1.82) is 5.26 Å². The lowest BCUT2D eigenvalue weighted by atomic mass is 10.2. The third-order valence-electron chi connectivity index (χ3n) is 4.64. The molecular weight excluding hydrogens is 376 g/mol. The van der Waals surface area contributed by atoms with Gasteiger partial charge in [0.25, 0.3) is 5.91 Å². The van der Waals surface area contributed by atoms with Crippen LogP contribution in [0.4, 0.5) is 5.88 Å². The molecule has 2 aromatic heterocycles. The van der Waals surface area contributed by atoms with Gasteiger partial charge in [-0.2, -0.15) is 10.2 Å². The van der Waals surface area contributed by atoms with E-state index in [1.165, 1.54) is 11.3 Å². The summed E-state index contributed by atoms with van der Waals surface area (Å²) < 4.78 is 11.3. The van der Waals surface area contributed by atoms with Crippen molar-refractivity contribution >= 4 is 23.1 Å². The molecule has 0 N–H and O–H groups in total. The topological polar surface area (TPSA) is 82.6 Å². The number of para-hydroxylation sites is 1. The van der Waals surface area contributed by atoms with Crippen LogP contribution in [-0.4, -0.2) is 49.1 Å². The molecule has 3 heterocycles. The molecule has 0 bridgehead atoms. The predicted molar refractivity (Wildman–Crippen MR) is 106 cm³/mol. The van der Waals surface area contributed by atoms with Gasteiger partial charge in [0.05, 0.1) is 17.6 Å². The highest BCUT2D eigenvalue weighted by molar-refractivity contribution is 7.12. The second kappa shape index (κ2) is 7.74. The van der Waals surface area contributed by atoms with Crippen LogP contribution in [0.2, 0.25) is 0 Å². The Morgan fingerprint density at radius 1 is 1.21 bits per heavy atom. The molecule has 3 aromatic rings. The van der Waals surface area contributed by atoms with Crippen LogP contribution in [0.1, 0.15) is 15.4 Å². The number of amides is 1. The molecule has 8 heteroatoms. The van der Waals surface area contributed by atoms with Gasteiger partial charge in [0.2, 0.25) is 17.5 Å². The van der Waals surface area contributed by atoms with Crippen LogP contribution in [0.3, 0.4) is 0 Å². The Morgan fingerprint density at radius 2 is 2.00 bits per heavy atom. The van der Waals surface area contributed by atoms with E-state index in [1.807, 2.05) is 51.6 Å². The van der Waals surface area contributed by atoms with Gasteiger partial charge in [-0.05, 0) is 23.6 Å². The summed E-state index contributed by atoms with van der Waals surface area (Å²) in [5, 5.41) is 11.4. The van der Waals surface area contributed by atoms with Crippen molar-refractivity contribution in [3.05, 3.63) is 52.3 Å². The van der Waals surface area contributed by atoms with Gasteiger partial charge < -0.3 is 19.0 Å². The van der Waals surface area contributed by atoms with E-state index in [4.69, 9.17) is 9.15 Å². The summed E-state index contributed by atoms with van der Waals surface area (Å²) in [6, 6.07) is 13.2. The summed E-state index contributed by atoms with van der Waals surface area (Å²) in [6.45, 7) is 2.28. The minimum absolute atomic E-state index is 0.0439. The lowest BCUT2D eigenvalue weighted by Crippen LogP contribution is -2.48. The molecule has 0 aliphatic carbocycles. The van der Waals surface area contributed by atoms with Crippen LogP contribution < -0.4 is 9.64 Å². The number of oxazole rings is 1. The maximum Gasteiger partial charge on any atom is 0.264 e. The zero-order chi connectivity index (χ0) is 19.5. The van der Waals surface area contributed by atoms with Gasteiger partial charge in [0.15, 0.2) is 0 Å². The van der Waals surface area contributed by atoms with E-state index in [0.29, 0.717) is 49.3 Å². The van der Waals surface area contributed by atoms with Crippen LogP contribution in [-0.2, 0) is 0 Å². The molecule has 1 fully saturated rings.